The van der Waals surface area contributed by atoms with Crippen molar-refractivity contribution in [3.05, 3.63) is 35.1 Å². The van der Waals surface area contributed by atoms with E-state index in [1.54, 1.807) is 12.1 Å². The Bertz CT molecular complexity index is 539. The van der Waals surface area contributed by atoms with Gasteiger partial charge in [0.1, 0.15) is 5.82 Å². The molecule has 0 aromatic heterocycles. The van der Waals surface area contributed by atoms with Crippen molar-refractivity contribution in [2.24, 2.45) is 4.99 Å². The Labute approximate surface area is 142 Å². The second kappa shape index (κ2) is 9.13. The van der Waals surface area contributed by atoms with Gasteiger partial charge >= 0.3 is 0 Å². The maximum Gasteiger partial charge on any atom is 0.194 e. The first-order chi connectivity index (χ1) is 11.2. The lowest BCUT2D eigenvalue weighted by molar-refractivity contribution is 0.275. The average molecular weight is 339 g/mol. The van der Waals surface area contributed by atoms with Gasteiger partial charge in [-0.2, -0.15) is 11.8 Å². The number of aliphatic hydroxyl groups excluding tert-OH is 1. The Morgan fingerprint density at radius 2 is 2.30 bits per heavy atom. The van der Waals surface area contributed by atoms with Crippen LogP contribution in [0.25, 0.3) is 0 Å². The van der Waals surface area contributed by atoms with Crippen LogP contribution in [-0.4, -0.2) is 46.6 Å². The fourth-order valence-electron chi connectivity index (χ4n) is 2.60. The van der Waals surface area contributed by atoms with Crippen LogP contribution in [0.1, 0.15) is 31.4 Å². The normalized spacial score (nSPS) is 19.0. The number of aliphatic hydroxyl groups is 1. The highest BCUT2D eigenvalue weighted by Crippen LogP contribution is 2.21. The lowest BCUT2D eigenvalue weighted by Gasteiger charge is -2.34. The van der Waals surface area contributed by atoms with Crippen LogP contribution in [0.3, 0.4) is 0 Å². The highest BCUT2D eigenvalue weighted by Gasteiger charge is 2.21. The molecule has 0 aliphatic carbocycles. The largest absolute Gasteiger partial charge is 0.392 e. The van der Waals surface area contributed by atoms with Gasteiger partial charge in [-0.05, 0) is 31.0 Å². The number of nitrogens with one attached hydrogen (secondary N) is 1. The molecule has 1 saturated heterocycles. The van der Waals surface area contributed by atoms with E-state index in [-0.39, 0.29) is 12.4 Å². The summed E-state index contributed by atoms with van der Waals surface area (Å²) in [5, 5.41) is 13.2. The zero-order chi connectivity index (χ0) is 16.7. The van der Waals surface area contributed by atoms with Crippen molar-refractivity contribution in [1.82, 2.24) is 10.2 Å². The number of halogens is 1. The Morgan fingerprint density at radius 3 is 3.00 bits per heavy atom. The molecule has 2 N–H and O–H groups in total. The molecule has 2 rings (SSSR count). The summed E-state index contributed by atoms with van der Waals surface area (Å²) in [6, 6.07) is 4.81. The summed E-state index contributed by atoms with van der Waals surface area (Å²) >= 11 is 2.03. The van der Waals surface area contributed by atoms with E-state index in [1.165, 1.54) is 12.5 Å². The minimum atomic E-state index is -0.369. The standard InChI is InChI=1S/C17H26FN3OS/c1-3-15-11-21(7-8-23-15)17(19-4-2)20-10-13-5-6-16(18)14(9-13)12-22/h5-6,9,15,22H,3-4,7-8,10-12H2,1-2H3,(H,19,20). The Morgan fingerprint density at radius 1 is 1.48 bits per heavy atom. The fraction of sp³-hybridized carbons (Fsp3) is 0.588. The molecule has 1 aromatic rings. The predicted octanol–water partition coefficient (Wildman–Crippen LogP) is 2.61. The van der Waals surface area contributed by atoms with Gasteiger partial charge < -0.3 is 15.3 Å². The molecule has 0 spiro atoms. The molecule has 1 aliphatic rings. The van der Waals surface area contributed by atoms with Gasteiger partial charge in [0.15, 0.2) is 5.96 Å². The van der Waals surface area contributed by atoms with Gasteiger partial charge in [-0.25, -0.2) is 9.38 Å². The van der Waals surface area contributed by atoms with Gasteiger partial charge in [-0.3, -0.25) is 0 Å². The minimum Gasteiger partial charge on any atom is -0.392 e. The number of benzene rings is 1. The number of aliphatic imine (C=N–C) groups is 1. The number of hydrogen-bond donors (Lipinski definition) is 2. The SMILES string of the molecule is CCNC(=NCc1ccc(F)c(CO)c1)N1CCSC(CC)C1. The minimum absolute atomic E-state index is 0.287. The summed E-state index contributed by atoms with van der Waals surface area (Å²) in [6.45, 7) is 7.32. The van der Waals surface area contributed by atoms with Crippen molar-refractivity contribution in [2.75, 3.05) is 25.4 Å². The zero-order valence-electron chi connectivity index (χ0n) is 13.9. The summed E-state index contributed by atoms with van der Waals surface area (Å²) in [5.41, 5.74) is 1.23. The second-order valence-corrected chi connectivity index (χ2v) is 7.01. The first kappa shape index (κ1) is 18.1. The number of hydrogen-bond acceptors (Lipinski definition) is 3. The van der Waals surface area contributed by atoms with Gasteiger partial charge in [-0.15, -0.1) is 0 Å². The van der Waals surface area contributed by atoms with Crippen LogP contribution >= 0.6 is 11.8 Å². The molecule has 1 fully saturated rings. The second-order valence-electron chi connectivity index (χ2n) is 5.60. The summed E-state index contributed by atoms with van der Waals surface area (Å²) < 4.78 is 13.4. The van der Waals surface area contributed by atoms with Gasteiger partial charge in [0.2, 0.25) is 0 Å². The smallest absolute Gasteiger partial charge is 0.194 e. The Balaban J connectivity index is 2.09. The molecular weight excluding hydrogens is 313 g/mol. The van der Waals surface area contributed by atoms with E-state index in [0.717, 1.165) is 36.9 Å². The Kier molecular flexibility index (Phi) is 7.17. The molecule has 0 bridgehead atoms. The van der Waals surface area contributed by atoms with Crippen LogP contribution in [0, 0.1) is 5.82 Å². The highest BCUT2D eigenvalue weighted by atomic mass is 32.2. The van der Waals surface area contributed by atoms with Crippen molar-refractivity contribution < 1.29 is 9.50 Å². The van der Waals surface area contributed by atoms with Crippen LogP contribution < -0.4 is 5.32 Å². The third-order valence-corrected chi connectivity index (χ3v) is 5.29. The molecule has 1 heterocycles. The lowest BCUT2D eigenvalue weighted by Crippen LogP contribution is -2.48. The summed E-state index contributed by atoms with van der Waals surface area (Å²) in [6.07, 6.45) is 1.17. The van der Waals surface area contributed by atoms with Crippen molar-refractivity contribution in [3.63, 3.8) is 0 Å². The van der Waals surface area contributed by atoms with Crippen LogP contribution in [0.4, 0.5) is 4.39 Å². The van der Waals surface area contributed by atoms with Crippen molar-refractivity contribution in [1.29, 1.82) is 0 Å². The maximum absolute atomic E-state index is 13.4. The molecule has 1 atom stereocenters. The van der Waals surface area contributed by atoms with Crippen molar-refractivity contribution in [2.45, 2.75) is 38.7 Å². The monoisotopic (exact) mass is 339 g/mol. The molecule has 1 aromatic carbocycles. The molecular formula is C17H26FN3OS. The first-order valence-corrected chi connectivity index (χ1v) is 9.25. The van der Waals surface area contributed by atoms with Crippen LogP contribution in [-0.2, 0) is 13.2 Å². The molecule has 128 valence electrons. The van der Waals surface area contributed by atoms with Crippen LogP contribution in [0.15, 0.2) is 23.2 Å². The third kappa shape index (κ3) is 5.11. The average Bonchev–Trinajstić information content (AvgIpc) is 2.59. The maximum atomic E-state index is 13.4. The van der Waals surface area contributed by atoms with E-state index in [9.17, 15) is 4.39 Å². The molecule has 0 radical (unpaired) electrons. The van der Waals surface area contributed by atoms with Gasteiger partial charge in [0.25, 0.3) is 0 Å². The fourth-order valence-corrected chi connectivity index (χ4v) is 3.78. The number of guanidine groups is 1. The van der Waals surface area contributed by atoms with Gasteiger partial charge in [0.05, 0.1) is 13.2 Å². The molecule has 0 saturated carbocycles. The quantitative estimate of drug-likeness (QED) is 0.639. The topological polar surface area (TPSA) is 47.9 Å². The number of rotatable bonds is 5. The molecule has 4 nitrogen and oxygen atoms in total. The summed E-state index contributed by atoms with van der Waals surface area (Å²) in [7, 11) is 0. The molecule has 6 heteroatoms. The van der Waals surface area contributed by atoms with Crippen LogP contribution in [0.2, 0.25) is 0 Å². The molecule has 1 aliphatic heterocycles. The number of thioether (sulfide) groups is 1. The van der Waals surface area contributed by atoms with Crippen LogP contribution in [0.5, 0.6) is 0 Å². The van der Waals surface area contributed by atoms with E-state index in [1.807, 2.05) is 11.8 Å². The third-order valence-electron chi connectivity index (χ3n) is 3.92. The van der Waals surface area contributed by atoms with Crippen molar-refractivity contribution >= 4 is 17.7 Å². The predicted molar refractivity (Wildman–Crippen MR) is 95.2 cm³/mol. The number of nitrogens with zero attached hydrogens (tertiary/aromatic N) is 2. The molecule has 1 unspecified atom stereocenters. The first-order valence-electron chi connectivity index (χ1n) is 8.20. The lowest BCUT2D eigenvalue weighted by atomic mass is 10.1. The van der Waals surface area contributed by atoms with Crippen molar-refractivity contribution in [3.8, 4) is 0 Å². The van der Waals surface area contributed by atoms with E-state index in [0.29, 0.717) is 17.4 Å². The summed E-state index contributed by atoms with van der Waals surface area (Å²) in [4.78, 5) is 7.01. The van der Waals surface area contributed by atoms with E-state index in [4.69, 9.17) is 10.1 Å². The molecule has 23 heavy (non-hydrogen) atoms. The molecule has 0 amide bonds. The zero-order valence-corrected chi connectivity index (χ0v) is 14.7. The summed E-state index contributed by atoms with van der Waals surface area (Å²) in [5.74, 6) is 1.67. The van der Waals surface area contributed by atoms with Gasteiger partial charge in [0, 0.05) is 36.2 Å². The van der Waals surface area contributed by atoms with Gasteiger partial charge in [-0.1, -0.05) is 13.0 Å². The van der Waals surface area contributed by atoms with E-state index in [2.05, 4.69) is 24.1 Å². The van der Waals surface area contributed by atoms with E-state index >= 15 is 0 Å². The highest BCUT2D eigenvalue weighted by molar-refractivity contribution is 8.00. The van der Waals surface area contributed by atoms with E-state index < -0.39 is 0 Å². The Hall–Kier alpha value is -1.27.